The van der Waals surface area contributed by atoms with Crippen LogP contribution in [0.3, 0.4) is 0 Å². The van der Waals surface area contributed by atoms with E-state index in [2.05, 4.69) is 0 Å². The van der Waals surface area contributed by atoms with E-state index in [1.54, 1.807) is 6.08 Å². The number of hydrogen-bond donors (Lipinski definition) is 5. The number of hydrogen-bond acceptors (Lipinski definition) is 15. The first-order valence-electron chi connectivity index (χ1n) is 10.7. The van der Waals surface area contributed by atoms with Crippen molar-refractivity contribution >= 4 is 21.6 Å². The molecule has 0 aromatic carbocycles. The molecule has 0 spiro atoms. The van der Waals surface area contributed by atoms with E-state index in [1.807, 2.05) is 0 Å². The normalized spacial score (nSPS) is 35.9. The third-order valence-corrected chi connectivity index (χ3v) is 8.99. The fourth-order valence-corrected chi connectivity index (χ4v) is 6.26. The van der Waals surface area contributed by atoms with Crippen LogP contribution in [-0.2, 0) is 45.8 Å². The first-order chi connectivity index (χ1) is 16.9. The molecular weight excluding hydrogens is 530 g/mol. The highest BCUT2D eigenvalue weighted by molar-refractivity contribution is 7.62. The van der Waals surface area contributed by atoms with E-state index in [-0.39, 0.29) is 18.6 Å². The number of ether oxygens (including phenoxy) is 2. The minimum atomic E-state index is -4.64. The van der Waals surface area contributed by atoms with Crippen molar-refractivity contribution < 1.29 is 66.2 Å². The second-order valence-corrected chi connectivity index (χ2v) is 11.7. The monoisotopic (exact) mass is 560 g/mol. The fraction of sp³-hybridized carbons (Fsp3) is 0.722. The Balaban J connectivity index is 1.60. The number of carbonyl (C=O) groups is 1. The van der Waals surface area contributed by atoms with E-state index in [0.29, 0.717) is 0 Å². The van der Waals surface area contributed by atoms with Gasteiger partial charge in [-0.1, -0.05) is 6.08 Å². The molecule has 2 unspecified atom stereocenters. The van der Waals surface area contributed by atoms with Gasteiger partial charge in [-0.05, 0) is 6.42 Å². The number of aliphatic hydroxyl groups excluding tert-OH is 4. The van der Waals surface area contributed by atoms with Crippen molar-refractivity contribution in [2.24, 2.45) is 5.73 Å². The van der Waals surface area contributed by atoms with E-state index in [0.717, 1.165) is 14.2 Å². The maximum atomic E-state index is 12.9. The lowest BCUT2D eigenvalue weighted by molar-refractivity contribution is -0.115. The predicted octanol–water partition coefficient (Wildman–Crippen LogP) is -1.30. The highest BCUT2D eigenvalue weighted by Gasteiger charge is 2.48. The summed E-state index contributed by atoms with van der Waals surface area (Å²) in [6.45, 7) is -1.36. The van der Waals surface area contributed by atoms with Crippen LogP contribution in [0.15, 0.2) is 24.0 Å². The Kier molecular flexibility index (Phi) is 9.85. The number of amides is 1. The van der Waals surface area contributed by atoms with Crippen molar-refractivity contribution in [1.82, 2.24) is 4.90 Å². The van der Waals surface area contributed by atoms with Crippen LogP contribution in [0.25, 0.3) is 0 Å². The van der Waals surface area contributed by atoms with Crippen LogP contribution in [-0.4, -0.2) is 108 Å². The average molecular weight is 560 g/mol. The van der Waals surface area contributed by atoms with Gasteiger partial charge in [0, 0.05) is 32.2 Å². The number of allylic oxidation sites excluding steroid dienone is 1. The lowest BCUT2D eigenvalue weighted by Crippen LogP contribution is -2.40. The molecule has 3 aliphatic heterocycles. The third-order valence-electron chi connectivity index (χ3n) is 5.57. The molecule has 0 aromatic heterocycles. The summed E-state index contributed by atoms with van der Waals surface area (Å²) in [5, 5.41) is 40.1. The number of primary amides is 1. The molecule has 0 aliphatic carbocycles. The van der Waals surface area contributed by atoms with E-state index < -0.39 is 77.6 Å². The molecule has 0 radical (unpaired) electrons. The van der Waals surface area contributed by atoms with Crippen LogP contribution in [0.2, 0.25) is 0 Å². The van der Waals surface area contributed by atoms with Gasteiger partial charge in [-0.3, -0.25) is 22.9 Å². The van der Waals surface area contributed by atoms with Gasteiger partial charge in [0.2, 0.25) is 5.91 Å². The maximum absolute atomic E-state index is 12.9. The molecule has 2 fully saturated rings. The van der Waals surface area contributed by atoms with Gasteiger partial charge in [0.05, 0.1) is 19.8 Å². The molecule has 16 nitrogen and oxygen atoms in total. The lowest BCUT2D eigenvalue weighted by Gasteiger charge is -2.28. The molecular formula is C18H30N2O14P2. The van der Waals surface area contributed by atoms with Crippen LogP contribution < -0.4 is 5.73 Å². The van der Waals surface area contributed by atoms with Crippen LogP contribution in [0.4, 0.5) is 0 Å². The van der Waals surface area contributed by atoms with Crippen molar-refractivity contribution in [3.63, 3.8) is 0 Å². The summed E-state index contributed by atoms with van der Waals surface area (Å²) in [5.74, 6) is -0.662. The number of phosphoric ester groups is 2. The SMILES string of the molecule is COP(=O)(OC[C@H]1O[C@H](N2C=CCC(C(N)=O)=C2)[C@H](O)[C@@H]1O)OP(=O)(OC)OC[C@H]1OC[C@H](O)[C@@H]1O. The molecule has 1 amide bonds. The Hall–Kier alpha value is -1.23. The molecule has 3 aliphatic rings. The quantitative estimate of drug-likeness (QED) is 0.175. The summed E-state index contributed by atoms with van der Waals surface area (Å²) >= 11 is 0. The summed E-state index contributed by atoms with van der Waals surface area (Å²) in [6, 6.07) is 0. The Morgan fingerprint density at radius 3 is 2.19 bits per heavy atom. The Labute approximate surface area is 206 Å². The summed E-state index contributed by atoms with van der Waals surface area (Å²) in [4.78, 5) is 12.8. The molecule has 3 rings (SSSR count). The van der Waals surface area contributed by atoms with Crippen LogP contribution in [0.1, 0.15) is 6.42 Å². The first-order valence-corrected chi connectivity index (χ1v) is 13.6. The van der Waals surface area contributed by atoms with Crippen molar-refractivity contribution in [3.8, 4) is 0 Å². The van der Waals surface area contributed by atoms with Gasteiger partial charge in [0.15, 0.2) is 6.23 Å². The van der Waals surface area contributed by atoms with E-state index in [9.17, 15) is 34.4 Å². The van der Waals surface area contributed by atoms with Gasteiger partial charge >= 0.3 is 15.6 Å². The highest BCUT2D eigenvalue weighted by Crippen LogP contribution is 2.65. The molecule has 36 heavy (non-hydrogen) atoms. The fourth-order valence-electron chi connectivity index (χ4n) is 3.50. The molecule has 18 heteroatoms. The van der Waals surface area contributed by atoms with Gasteiger partial charge in [-0.25, -0.2) is 9.13 Å². The van der Waals surface area contributed by atoms with Crippen molar-refractivity contribution in [3.05, 3.63) is 24.0 Å². The summed E-state index contributed by atoms with van der Waals surface area (Å²) < 4.78 is 60.8. The van der Waals surface area contributed by atoms with Crippen LogP contribution >= 0.6 is 15.6 Å². The highest BCUT2D eigenvalue weighted by atomic mass is 31.3. The zero-order chi connectivity index (χ0) is 26.7. The first kappa shape index (κ1) is 29.3. The molecule has 6 N–H and O–H groups in total. The van der Waals surface area contributed by atoms with Gasteiger partial charge in [-0.2, -0.15) is 4.31 Å². The summed E-state index contributed by atoms with van der Waals surface area (Å²) in [6.07, 6.45) is -4.10. The van der Waals surface area contributed by atoms with Crippen molar-refractivity contribution in [2.75, 3.05) is 34.0 Å². The summed E-state index contributed by atoms with van der Waals surface area (Å²) in [5.41, 5.74) is 5.54. The average Bonchev–Trinajstić information content (AvgIpc) is 3.34. The van der Waals surface area contributed by atoms with Crippen LogP contribution in [0.5, 0.6) is 0 Å². The number of nitrogens with two attached hydrogens (primary N) is 1. The third kappa shape index (κ3) is 6.79. The standard InChI is InChI=1S/C18H30N2O14P2/c1-28-35(26,31-8-12-14(22)11(21)7-30-12)34-36(27,29-2)32-9-13-15(23)16(24)18(33-13)20-5-3-4-10(6-20)17(19)25/h3,5-6,11-16,18,21-24H,4,7-9H2,1-2H3,(H2,19,25)/t11-,12+,13+,14-,15+,16+,18-,35?,36?/m0/s1. The zero-order valence-electron chi connectivity index (χ0n) is 19.4. The Bertz CT molecular complexity index is 947. The number of aliphatic hydroxyl groups is 4. The molecule has 0 bridgehead atoms. The Morgan fingerprint density at radius 1 is 1.06 bits per heavy atom. The minimum Gasteiger partial charge on any atom is -0.388 e. The molecule has 9 atom stereocenters. The zero-order valence-corrected chi connectivity index (χ0v) is 21.2. The molecule has 206 valence electrons. The van der Waals surface area contributed by atoms with Gasteiger partial charge in [0.25, 0.3) is 0 Å². The lowest BCUT2D eigenvalue weighted by atomic mass is 10.1. The van der Waals surface area contributed by atoms with Crippen molar-refractivity contribution in [1.29, 1.82) is 0 Å². The topological polar surface area (TPSA) is 226 Å². The predicted molar refractivity (Wildman–Crippen MR) is 118 cm³/mol. The summed E-state index contributed by atoms with van der Waals surface area (Å²) in [7, 11) is -7.36. The molecule has 3 heterocycles. The van der Waals surface area contributed by atoms with E-state index in [4.69, 9.17) is 37.6 Å². The van der Waals surface area contributed by atoms with Gasteiger partial charge < -0.3 is 40.5 Å². The second kappa shape index (κ2) is 12.1. The molecule has 2 saturated heterocycles. The minimum absolute atomic E-state index is 0.170. The van der Waals surface area contributed by atoms with Gasteiger partial charge in [-0.15, -0.1) is 0 Å². The maximum Gasteiger partial charge on any atom is 0.483 e. The Morgan fingerprint density at radius 2 is 1.67 bits per heavy atom. The number of phosphoric acid groups is 2. The number of rotatable bonds is 12. The molecule has 0 saturated carbocycles. The number of nitrogens with zero attached hydrogens (tertiary/aromatic N) is 1. The smallest absolute Gasteiger partial charge is 0.388 e. The van der Waals surface area contributed by atoms with Crippen molar-refractivity contribution in [2.45, 2.75) is 49.3 Å². The largest absolute Gasteiger partial charge is 0.483 e. The van der Waals surface area contributed by atoms with E-state index in [1.165, 1.54) is 17.3 Å². The number of carbonyl (C=O) groups excluding carboxylic acids is 1. The second-order valence-electron chi connectivity index (χ2n) is 7.96. The van der Waals surface area contributed by atoms with E-state index >= 15 is 0 Å². The van der Waals surface area contributed by atoms with Crippen LogP contribution in [0, 0.1) is 0 Å². The van der Waals surface area contributed by atoms with Gasteiger partial charge in [0.1, 0.15) is 36.6 Å². The molecule has 0 aromatic rings.